The molecule has 1 unspecified atom stereocenters. The quantitative estimate of drug-likeness (QED) is 0.00554. The van der Waals surface area contributed by atoms with Crippen molar-refractivity contribution in [2.45, 2.75) is 158 Å². The summed E-state index contributed by atoms with van der Waals surface area (Å²) in [7, 11) is 0. The lowest BCUT2D eigenvalue weighted by molar-refractivity contribution is -0.130. The summed E-state index contributed by atoms with van der Waals surface area (Å²) >= 11 is 0. The van der Waals surface area contributed by atoms with Crippen LogP contribution in [0.2, 0.25) is 0 Å². The molecular formula is C115H144N16O17. The number of aromatic nitrogens is 3. The largest absolute Gasteiger partial charge is 0.397 e. The van der Waals surface area contributed by atoms with Crippen molar-refractivity contribution < 1.29 is 84.5 Å². The number of amides is 9. The molecule has 9 amide bonds. The number of para-hydroxylation sites is 4. The predicted octanol–water partition coefficient (Wildman–Crippen LogP) is 17.8. The minimum absolute atomic E-state index is 0.0157. The first-order valence-electron chi connectivity index (χ1n) is 49.6. The zero-order chi connectivity index (χ0) is 107. The van der Waals surface area contributed by atoms with Crippen molar-refractivity contribution in [1.29, 1.82) is 0 Å². The Morgan fingerprint density at radius 2 is 0.750 bits per heavy atom. The molecule has 786 valence electrons. The maximum Gasteiger partial charge on any atom is 0.267 e. The van der Waals surface area contributed by atoms with Crippen molar-refractivity contribution in [1.82, 2.24) is 57.1 Å². The van der Waals surface area contributed by atoms with Gasteiger partial charge in [-0.3, -0.25) is 83.9 Å². The van der Waals surface area contributed by atoms with E-state index in [0.717, 1.165) is 177 Å². The summed E-state index contributed by atoms with van der Waals surface area (Å²) in [4.78, 5) is 118. The Bertz CT molecular complexity index is 6290. The Morgan fingerprint density at radius 1 is 0.365 bits per heavy atom. The van der Waals surface area contributed by atoms with Gasteiger partial charge in [0, 0.05) is 183 Å². The van der Waals surface area contributed by atoms with Crippen molar-refractivity contribution in [3.05, 3.63) is 346 Å². The maximum absolute atomic E-state index is 12.0. The second kappa shape index (κ2) is 68.1. The molecule has 33 heteroatoms. The Hall–Kier alpha value is -15.4. The third kappa shape index (κ3) is 45.5. The molecule has 22 N–H and O–H groups in total. The summed E-state index contributed by atoms with van der Waals surface area (Å²) in [6.07, 6.45) is 25.4. The first-order valence-corrected chi connectivity index (χ1v) is 49.6. The van der Waals surface area contributed by atoms with Crippen molar-refractivity contribution in [3.8, 4) is 0 Å². The van der Waals surface area contributed by atoms with Gasteiger partial charge in [0.15, 0.2) is 0 Å². The molecule has 13 aromatic rings. The predicted molar refractivity (Wildman–Crippen MR) is 584 cm³/mol. The van der Waals surface area contributed by atoms with E-state index in [0.29, 0.717) is 61.5 Å². The molecule has 3 aromatic heterocycles. The SMILES string of the molecule is CC.CC(=O)Nc1ccc(C(=O)Nc2ccccc2N)cc1.CC(CCCCCC(=O)NO)C(=O)Nc1ccccc1.Cc1ccc(NC(=O)CCCCCCC(=O)NO)cc1.Cc1ccc2[nH]cc(CCN(CCO)Cc3ccc(/C=C/C(=O)NO)cc3)c2c1.Cc1ccc2c(CCN(CCO)Cc3ccc(/C=C/C(=O)NO)cc3)c[nH]c2c1.O=C(/C=C/c1ccc(CN(CCO)CCc2c[nH]c3ccccc23)cc1)NO. The number of hydroxylamine groups is 5. The Labute approximate surface area is 865 Å². The van der Waals surface area contributed by atoms with Gasteiger partial charge in [-0.05, 0) is 225 Å². The highest BCUT2D eigenvalue weighted by molar-refractivity contribution is 6.06. The van der Waals surface area contributed by atoms with Crippen LogP contribution in [0.5, 0.6) is 0 Å². The number of benzene rings is 10. The van der Waals surface area contributed by atoms with E-state index in [1.807, 2.05) is 167 Å². The number of unbranched alkanes of at least 4 members (excludes halogenated alkanes) is 5. The number of H-pyrrole nitrogens is 3. The Kier molecular flexibility index (Phi) is 55.0. The minimum atomic E-state index is -0.560. The summed E-state index contributed by atoms with van der Waals surface area (Å²) in [5, 5.41) is 85.4. The van der Waals surface area contributed by atoms with Gasteiger partial charge in [0.05, 0.1) is 31.2 Å². The van der Waals surface area contributed by atoms with Crippen molar-refractivity contribution in [2.75, 3.05) is 86.1 Å². The zero-order valence-corrected chi connectivity index (χ0v) is 85.3. The van der Waals surface area contributed by atoms with Crippen molar-refractivity contribution in [2.24, 2.45) is 5.92 Å². The summed E-state index contributed by atoms with van der Waals surface area (Å²) < 4.78 is 0. The number of nitrogen functional groups attached to an aromatic ring is 1. The molecule has 1 atom stereocenters. The van der Waals surface area contributed by atoms with E-state index >= 15 is 0 Å². The molecule has 0 saturated heterocycles. The van der Waals surface area contributed by atoms with E-state index in [1.54, 1.807) is 94.2 Å². The molecule has 0 aliphatic carbocycles. The molecule has 3 heterocycles. The van der Waals surface area contributed by atoms with Gasteiger partial charge in [0.1, 0.15) is 0 Å². The van der Waals surface area contributed by atoms with Gasteiger partial charge >= 0.3 is 0 Å². The van der Waals surface area contributed by atoms with Gasteiger partial charge in [-0.2, -0.15) is 0 Å². The number of nitrogens with zero attached hydrogens (tertiary/aromatic N) is 3. The van der Waals surface area contributed by atoms with Crippen LogP contribution >= 0.6 is 0 Å². The number of fused-ring (bicyclic) bond motifs is 3. The summed E-state index contributed by atoms with van der Waals surface area (Å²) in [6.45, 7) is 20.5. The number of anilines is 5. The van der Waals surface area contributed by atoms with E-state index in [-0.39, 0.29) is 61.2 Å². The van der Waals surface area contributed by atoms with Crippen molar-refractivity contribution in [3.63, 3.8) is 0 Å². The number of hydrogen-bond donors (Lipinski definition) is 21. The topological polar surface area (TPSA) is 507 Å². The number of nitrogens with two attached hydrogens (primary N) is 1. The Morgan fingerprint density at radius 3 is 1.21 bits per heavy atom. The van der Waals surface area contributed by atoms with Gasteiger partial charge < -0.3 is 57.3 Å². The number of carbonyl (C=O) groups is 9. The van der Waals surface area contributed by atoms with E-state index in [1.165, 1.54) is 69.1 Å². The van der Waals surface area contributed by atoms with E-state index in [9.17, 15) is 58.5 Å². The molecule has 10 aromatic carbocycles. The minimum Gasteiger partial charge on any atom is -0.397 e. The van der Waals surface area contributed by atoms with Gasteiger partial charge in [-0.1, -0.05) is 209 Å². The lowest BCUT2D eigenvalue weighted by atomic mass is 10.0. The summed E-state index contributed by atoms with van der Waals surface area (Å²) in [5.41, 5.74) is 34.5. The van der Waals surface area contributed by atoms with Crippen LogP contribution in [-0.4, -0.2) is 183 Å². The average molecular weight is 2020 g/mol. The fourth-order valence-electron chi connectivity index (χ4n) is 15.5. The van der Waals surface area contributed by atoms with Crippen LogP contribution in [-0.2, 0) is 77.3 Å². The molecule has 13 rings (SSSR count). The number of aromatic amines is 3. The van der Waals surface area contributed by atoms with Crippen LogP contribution in [0.4, 0.5) is 28.4 Å². The number of aliphatic hydroxyl groups excluding tert-OH is 3. The third-order valence-corrected chi connectivity index (χ3v) is 23.5. The molecule has 0 radical (unpaired) electrons. The molecule has 0 aliphatic rings. The number of nitrogens with one attached hydrogen (secondary N) is 12. The van der Waals surface area contributed by atoms with E-state index < -0.39 is 17.7 Å². The molecule has 148 heavy (non-hydrogen) atoms. The van der Waals surface area contributed by atoms with Gasteiger partial charge in [0.25, 0.3) is 23.6 Å². The number of aryl methyl sites for hydroxylation is 3. The highest BCUT2D eigenvalue weighted by Gasteiger charge is 2.18. The smallest absolute Gasteiger partial charge is 0.267 e. The number of rotatable bonds is 46. The van der Waals surface area contributed by atoms with Crippen molar-refractivity contribution >= 4 is 133 Å². The molecule has 0 bridgehead atoms. The summed E-state index contributed by atoms with van der Waals surface area (Å²) in [6, 6.07) is 75.5. The summed E-state index contributed by atoms with van der Waals surface area (Å²) in [5.74, 6) is -2.83. The number of hydrogen-bond acceptors (Lipinski definition) is 21. The van der Waals surface area contributed by atoms with Gasteiger partial charge in [-0.15, -0.1) is 0 Å². The normalized spacial score (nSPS) is 11.0. The fraction of sp³-hybridized carbons (Fsp3) is 0.296. The molecule has 0 saturated carbocycles. The van der Waals surface area contributed by atoms with Crippen LogP contribution in [0.3, 0.4) is 0 Å². The van der Waals surface area contributed by atoms with Crippen LogP contribution < -0.4 is 54.4 Å². The monoisotopic (exact) mass is 2020 g/mol. The highest BCUT2D eigenvalue weighted by Crippen LogP contribution is 2.27. The fourth-order valence-corrected chi connectivity index (χ4v) is 15.5. The average Bonchev–Trinajstić information content (AvgIpc) is 1.69. The lowest BCUT2D eigenvalue weighted by Gasteiger charge is -2.21. The lowest BCUT2D eigenvalue weighted by Crippen LogP contribution is -2.28. The van der Waals surface area contributed by atoms with Crippen LogP contribution in [0, 0.1) is 26.7 Å². The first-order chi connectivity index (χ1) is 71.7. The zero-order valence-electron chi connectivity index (χ0n) is 85.3. The second-order valence-corrected chi connectivity index (χ2v) is 35.0. The number of carbonyl (C=O) groups excluding carboxylic acids is 9. The van der Waals surface area contributed by atoms with Gasteiger partial charge in [0.2, 0.25) is 29.5 Å². The second-order valence-electron chi connectivity index (χ2n) is 35.0. The molecule has 0 fully saturated rings. The Balaban J connectivity index is 0.000000241. The van der Waals surface area contributed by atoms with Crippen LogP contribution in [0.15, 0.2) is 273 Å². The highest BCUT2D eigenvalue weighted by atomic mass is 16.5. The maximum atomic E-state index is 12.0. The molecule has 33 nitrogen and oxygen atoms in total. The standard InChI is InChI=1S/2C23H27N3O3.C22H25N3O3.C15H15N3O2.2C15H22N2O3.C2H6/c1-17-2-8-22-21(14-17)20(15-24-22)10-11-26(12-13-27)16-19-5-3-18(4-6-19)7-9-23(28)25-29;1-17-2-8-21-20(15-24-22(21)14-17)10-11-26(12-13-27)16-19-5-3-18(4-6-19)7-9-23(28)25-29;26-14-13-25(12-11-19-15-23-21-4-2-1-3-20(19)21)16-18-7-5-17(6-8-18)9-10-22(27)24-28;1-10(19)17-12-8-6-11(7-9-12)15(20)18-14-5-3-2-4-13(14)16;1-12(8-4-2-7-11-14(18)17-20)15(19)16-13-9-5-3-6-10-13;1-12-8-10-13(11-9-12)16-14(18)6-4-2-3-5-7-15(19)17-20;1-2/h2*2-9,14-15,24,27,29H,10-13,16H2,1H3,(H,25,28);1-10,15,23,26,28H,11-14,16H2,(H,24,27);2-9H,16H2,1H3,(H,17,19)(H,18,20);3,5-6,9-10,12,20H,2,4,7-8,11H2,1H3,(H,16,19)(H,17,18);8-11,20H,2-7H2,1H3,(H,16,18)(H,17,19);1-2H3/b2*9-7+;10-9+;;;;. The van der Waals surface area contributed by atoms with E-state index in [2.05, 4.69) is 132 Å². The van der Waals surface area contributed by atoms with E-state index in [4.69, 9.17) is 31.8 Å². The first kappa shape index (κ1) is 120. The van der Waals surface area contributed by atoms with Crippen LogP contribution in [0.25, 0.3) is 50.9 Å². The number of aliphatic hydroxyl groups is 3. The molecular weight excluding hydrogens is 1880 g/mol. The molecule has 0 aliphatic heterocycles. The van der Waals surface area contributed by atoms with Gasteiger partial charge in [-0.25, -0.2) is 27.4 Å². The van der Waals surface area contributed by atoms with Crippen LogP contribution in [0.1, 0.15) is 175 Å². The third-order valence-electron chi connectivity index (χ3n) is 23.5. The molecule has 0 spiro atoms.